The van der Waals surface area contributed by atoms with Gasteiger partial charge in [-0.05, 0) is 53.1 Å². The molecule has 3 fully saturated rings. The Bertz CT molecular complexity index is 294. The number of piperidine rings is 1. The van der Waals surface area contributed by atoms with Crippen molar-refractivity contribution < 1.29 is 9.31 Å². The zero-order chi connectivity index (χ0) is 10.9. The number of hydrogen-bond acceptors (Lipinski definition) is 3. The van der Waals surface area contributed by atoms with E-state index in [0.717, 1.165) is 19.0 Å². The summed E-state index contributed by atoms with van der Waals surface area (Å²) in [5.74, 6) is 0.784. The van der Waals surface area contributed by atoms with Gasteiger partial charge in [0.15, 0.2) is 0 Å². The van der Waals surface area contributed by atoms with Gasteiger partial charge in [-0.15, -0.1) is 12.4 Å². The average Bonchev–Trinajstić information content (AvgIpc) is 2.58. The van der Waals surface area contributed by atoms with Crippen molar-refractivity contribution in [1.82, 2.24) is 5.32 Å². The summed E-state index contributed by atoms with van der Waals surface area (Å²) < 4.78 is 12.3. The fraction of sp³-hybridized carbons (Fsp3) is 1.00. The van der Waals surface area contributed by atoms with Crippen LogP contribution in [0.4, 0.5) is 0 Å². The van der Waals surface area contributed by atoms with Gasteiger partial charge in [0, 0.05) is 5.31 Å². The van der Waals surface area contributed by atoms with Crippen LogP contribution in [0.5, 0.6) is 0 Å². The first-order valence-electron chi connectivity index (χ1n) is 5.94. The van der Waals surface area contributed by atoms with Gasteiger partial charge in [0.25, 0.3) is 0 Å². The molecular formula is C11H21BClNO2. The summed E-state index contributed by atoms with van der Waals surface area (Å²) in [5.41, 5.74) is -0.357. The third-order valence-corrected chi connectivity index (χ3v) is 4.85. The van der Waals surface area contributed by atoms with E-state index in [0.29, 0.717) is 5.31 Å². The van der Waals surface area contributed by atoms with Gasteiger partial charge in [-0.25, -0.2) is 0 Å². The Balaban J connectivity index is 0.000000963. The van der Waals surface area contributed by atoms with Crippen molar-refractivity contribution in [2.75, 3.05) is 13.1 Å². The van der Waals surface area contributed by atoms with E-state index in [-0.39, 0.29) is 30.7 Å². The van der Waals surface area contributed by atoms with Crippen molar-refractivity contribution in [1.29, 1.82) is 0 Å². The summed E-state index contributed by atoms with van der Waals surface area (Å²) in [6.45, 7) is 10.7. The van der Waals surface area contributed by atoms with Crippen molar-refractivity contribution in [3.05, 3.63) is 0 Å². The molecular weight excluding hydrogens is 224 g/mol. The summed E-state index contributed by atoms with van der Waals surface area (Å²) in [4.78, 5) is 0. The minimum atomic E-state index is -0.178. The van der Waals surface area contributed by atoms with Gasteiger partial charge in [0.1, 0.15) is 0 Å². The highest BCUT2D eigenvalue weighted by Gasteiger charge is 2.70. The maximum Gasteiger partial charge on any atom is 0.466 e. The molecule has 0 aromatic heterocycles. The predicted octanol–water partition coefficient (Wildman–Crippen LogP) is 1.86. The molecule has 2 aliphatic heterocycles. The maximum atomic E-state index is 6.13. The maximum absolute atomic E-state index is 6.13. The van der Waals surface area contributed by atoms with E-state index in [1.807, 2.05) is 0 Å². The van der Waals surface area contributed by atoms with Gasteiger partial charge in [0.05, 0.1) is 11.2 Å². The molecule has 2 atom stereocenters. The van der Waals surface area contributed by atoms with Crippen molar-refractivity contribution in [2.24, 2.45) is 5.92 Å². The number of nitrogens with one attached hydrogen (secondary N) is 1. The van der Waals surface area contributed by atoms with E-state index in [4.69, 9.17) is 9.31 Å². The molecule has 0 spiro atoms. The number of hydrogen-bond donors (Lipinski definition) is 1. The Morgan fingerprint density at radius 3 is 2.06 bits per heavy atom. The molecule has 1 N–H and O–H groups in total. The monoisotopic (exact) mass is 245 g/mol. The topological polar surface area (TPSA) is 30.5 Å². The summed E-state index contributed by atoms with van der Waals surface area (Å²) in [6, 6.07) is 0. The number of halogens is 1. The Morgan fingerprint density at radius 1 is 1.12 bits per heavy atom. The zero-order valence-electron chi connectivity index (χ0n) is 10.5. The van der Waals surface area contributed by atoms with Gasteiger partial charge in [-0.3, -0.25) is 0 Å². The molecule has 0 bridgehead atoms. The van der Waals surface area contributed by atoms with Crippen LogP contribution in [0.3, 0.4) is 0 Å². The zero-order valence-corrected chi connectivity index (χ0v) is 11.3. The van der Waals surface area contributed by atoms with Crippen LogP contribution in [0.15, 0.2) is 0 Å². The van der Waals surface area contributed by atoms with E-state index in [1.54, 1.807) is 0 Å². The second-order valence-corrected chi connectivity index (χ2v) is 6.35. The largest absolute Gasteiger partial charge is 0.466 e. The van der Waals surface area contributed by atoms with Crippen LogP contribution < -0.4 is 5.32 Å². The van der Waals surface area contributed by atoms with Crippen molar-refractivity contribution >= 4 is 19.5 Å². The lowest BCUT2D eigenvalue weighted by molar-refractivity contribution is 0.00578. The Hall–Kier alpha value is 0.235. The number of fused-ring (bicyclic) bond motifs is 1. The van der Waals surface area contributed by atoms with E-state index in [1.165, 1.54) is 6.42 Å². The van der Waals surface area contributed by atoms with Crippen LogP contribution in [-0.2, 0) is 9.31 Å². The number of rotatable bonds is 1. The standard InChI is InChI=1S/C11H20BNO2.ClH/c1-9(2)10(3,4)15-12(14-9)11-5-8(11)6-13-7-11;/h8,13H,5-7H2,1-4H3;1H/t8-,11-;/m1./s1. The average molecular weight is 246 g/mol. The summed E-state index contributed by atoms with van der Waals surface area (Å²) in [6.07, 6.45) is 1.27. The van der Waals surface area contributed by atoms with Crippen molar-refractivity contribution in [3.8, 4) is 0 Å². The summed E-state index contributed by atoms with van der Waals surface area (Å²) in [5, 5.41) is 3.73. The van der Waals surface area contributed by atoms with Crippen molar-refractivity contribution in [3.63, 3.8) is 0 Å². The third kappa shape index (κ3) is 1.47. The second kappa shape index (κ2) is 3.38. The van der Waals surface area contributed by atoms with Crippen LogP contribution in [0.1, 0.15) is 34.1 Å². The molecule has 0 radical (unpaired) electrons. The lowest BCUT2D eigenvalue weighted by atomic mass is 9.67. The van der Waals surface area contributed by atoms with Crippen LogP contribution in [0.25, 0.3) is 0 Å². The Kier molecular flexibility index (Phi) is 2.68. The van der Waals surface area contributed by atoms with E-state index in [9.17, 15) is 0 Å². The third-order valence-electron chi connectivity index (χ3n) is 4.85. The quantitative estimate of drug-likeness (QED) is 0.716. The molecule has 0 aromatic rings. The molecule has 2 heterocycles. The van der Waals surface area contributed by atoms with E-state index < -0.39 is 0 Å². The molecule has 3 nitrogen and oxygen atoms in total. The second-order valence-electron chi connectivity index (χ2n) is 6.35. The van der Waals surface area contributed by atoms with Gasteiger partial charge in [-0.1, -0.05) is 0 Å². The smallest absolute Gasteiger partial charge is 0.403 e. The molecule has 0 aromatic carbocycles. The first-order chi connectivity index (χ1) is 6.87. The summed E-state index contributed by atoms with van der Waals surface area (Å²) >= 11 is 0. The fourth-order valence-corrected chi connectivity index (χ4v) is 2.82. The first kappa shape index (κ1) is 12.7. The van der Waals surface area contributed by atoms with E-state index >= 15 is 0 Å². The molecule has 2 saturated heterocycles. The lowest BCUT2D eigenvalue weighted by Crippen LogP contribution is -2.41. The van der Waals surface area contributed by atoms with Gasteiger partial charge in [0.2, 0.25) is 0 Å². The first-order valence-corrected chi connectivity index (χ1v) is 5.94. The minimum absolute atomic E-state index is 0. The van der Waals surface area contributed by atoms with Crippen LogP contribution in [-0.4, -0.2) is 31.4 Å². The predicted molar refractivity (Wildman–Crippen MR) is 67.0 cm³/mol. The van der Waals surface area contributed by atoms with Crippen LogP contribution in [0.2, 0.25) is 5.31 Å². The van der Waals surface area contributed by atoms with Gasteiger partial charge >= 0.3 is 7.12 Å². The molecule has 16 heavy (non-hydrogen) atoms. The highest BCUT2D eigenvalue weighted by atomic mass is 35.5. The normalized spacial score (nSPS) is 42.8. The molecule has 3 aliphatic rings. The SMILES string of the molecule is CC1(C)OB([C@]23CNC[C@H]2C3)OC1(C)C.Cl. The fourth-order valence-electron chi connectivity index (χ4n) is 2.82. The Morgan fingerprint density at radius 2 is 1.69 bits per heavy atom. The molecule has 5 heteroatoms. The van der Waals surface area contributed by atoms with Crippen LogP contribution in [0, 0.1) is 5.92 Å². The molecule has 3 rings (SSSR count). The molecule has 0 amide bonds. The minimum Gasteiger partial charge on any atom is -0.403 e. The lowest BCUT2D eigenvalue weighted by Gasteiger charge is -2.32. The van der Waals surface area contributed by atoms with Crippen LogP contribution >= 0.6 is 12.4 Å². The van der Waals surface area contributed by atoms with E-state index in [2.05, 4.69) is 33.0 Å². The molecule has 92 valence electrons. The molecule has 1 aliphatic carbocycles. The highest BCUT2D eigenvalue weighted by Crippen LogP contribution is 2.66. The summed E-state index contributed by atoms with van der Waals surface area (Å²) in [7, 11) is 0.00231. The van der Waals surface area contributed by atoms with Gasteiger partial charge < -0.3 is 14.6 Å². The molecule has 0 unspecified atom stereocenters. The van der Waals surface area contributed by atoms with Crippen molar-refractivity contribution in [2.45, 2.75) is 50.6 Å². The highest BCUT2D eigenvalue weighted by molar-refractivity contribution is 6.51. The Labute approximate surface area is 104 Å². The molecule has 1 saturated carbocycles. The van der Waals surface area contributed by atoms with Gasteiger partial charge in [-0.2, -0.15) is 0 Å².